The van der Waals surface area contributed by atoms with E-state index in [1.807, 2.05) is 0 Å². The molecule has 2 aromatic carbocycles. The highest BCUT2D eigenvalue weighted by molar-refractivity contribution is 7.92. The van der Waals surface area contributed by atoms with E-state index in [0.717, 1.165) is 4.31 Å². The van der Waals surface area contributed by atoms with E-state index in [-0.39, 0.29) is 29.5 Å². The van der Waals surface area contributed by atoms with Gasteiger partial charge in [0, 0.05) is 18.5 Å². The molecule has 10 heteroatoms. The van der Waals surface area contributed by atoms with Crippen molar-refractivity contribution in [3.63, 3.8) is 0 Å². The molecule has 1 amide bonds. The van der Waals surface area contributed by atoms with Gasteiger partial charge in [0.2, 0.25) is 6.79 Å². The number of carbonyl (C=O) groups is 1. The van der Waals surface area contributed by atoms with Gasteiger partial charge in [0.15, 0.2) is 11.5 Å². The molecule has 0 bridgehead atoms. The van der Waals surface area contributed by atoms with Gasteiger partial charge in [-0.1, -0.05) is 18.2 Å². The van der Waals surface area contributed by atoms with E-state index in [4.69, 9.17) is 9.47 Å². The van der Waals surface area contributed by atoms with Crippen LogP contribution in [0.15, 0.2) is 65.8 Å². The Morgan fingerprint density at radius 3 is 2.71 bits per heavy atom. The highest BCUT2D eigenvalue weighted by Crippen LogP contribution is 2.37. The van der Waals surface area contributed by atoms with Crippen molar-refractivity contribution < 1.29 is 27.9 Å². The summed E-state index contributed by atoms with van der Waals surface area (Å²) in [6.45, 7) is 1.62. The molecule has 31 heavy (non-hydrogen) atoms. The third kappa shape index (κ3) is 3.90. The molecule has 1 aliphatic heterocycles. The van der Waals surface area contributed by atoms with Crippen LogP contribution in [0.4, 0.5) is 5.69 Å². The molecule has 0 unspecified atom stereocenters. The zero-order valence-electron chi connectivity index (χ0n) is 16.5. The van der Waals surface area contributed by atoms with Gasteiger partial charge in [-0.2, -0.15) is 0 Å². The summed E-state index contributed by atoms with van der Waals surface area (Å²) >= 11 is 0. The van der Waals surface area contributed by atoms with Crippen LogP contribution in [-0.2, 0) is 16.6 Å². The molecule has 1 aromatic heterocycles. The van der Waals surface area contributed by atoms with Crippen LogP contribution in [0.3, 0.4) is 0 Å². The average molecular weight is 441 g/mol. The highest BCUT2D eigenvalue weighted by Gasteiger charge is 2.31. The van der Waals surface area contributed by atoms with Crippen molar-refractivity contribution in [3.8, 4) is 11.5 Å². The van der Waals surface area contributed by atoms with Crippen molar-refractivity contribution in [1.29, 1.82) is 0 Å². The third-order valence-electron chi connectivity index (χ3n) is 4.81. The van der Waals surface area contributed by atoms with Crippen LogP contribution in [0.25, 0.3) is 0 Å². The van der Waals surface area contributed by atoms with Crippen LogP contribution in [0.1, 0.15) is 21.5 Å². The number of rotatable bonds is 6. The monoisotopic (exact) mass is 441 g/mol. The van der Waals surface area contributed by atoms with Crippen LogP contribution in [0.5, 0.6) is 11.5 Å². The van der Waals surface area contributed by atoms with E-state index in [1.165, 1.54) is 24.3 Å². The van der Waals surface area contributed by atoms with E-state index in [9.17, 15) is 18.4 Å². The van der Waals surface area contributed by atoms with Crippen molar-refractivity contribution in [2.75, 3.05) is 11.1 Å². The number of sulfonamides is 1. The van der Waals surface area contributed by atoms with Gasteiger partial charge < -0.3 is 9.47 Å². The minimum atomic E-state index is -4.15. The number of fused-ring (bicyclic) bond motifs is 1. The normalized spacial score (nSPS) is 12.5. The minimum absolute atomic E-state index is 0.00992. The predicted molar refractivity (Wildman–Crippen MR) is 111 cm³/mol. The second kappa shape index (κ2) is 8.25. The second-order valence-corrected chi connectivity index (χ2v) is 8.66. The van der Waals surface area contributed by atoms with Gasteiger partial charge in [-0.15, -0.1) is 0 Å². The molecule has 0 atom stereocenters. The summed E-state index contributed by atoms with van der Waals surface area (Å²) in [5.41, 5.74) is 2.89. The fourth-order valence-corrected chi connectivity index (χ4v) is 4.89. The first kappa shape index (κ1) is 20.6. The summed E-state index contributed by atoms with van der Waals surface area (Å²) in [6, 6.07) is 12.5. The standard InChI is InChI=1S/C21H19N3O6S/c1-14-4-2-6-17(21(25)23-26)20(14)24(12-15-5-3-9-22-11-15)31(27,28)16-7-8-18-19(10-16)30-13-29-18/h2-11,26H,12-13H2,1H3,(H,23,25). The Morgan fingerprint density at radius 2 is 1.97 bits per heavy atom. The highest BCUT2D eigenvalue weighted by atomic mass is 32.2. The molecular weight excluding hydrogens is 422 g/mol. The first-order valence-corrected chi connectivity index (χ1v) is 10.7. The maximum atomic E-state index is 13.8. The number of carbonyl (C=O) groups excluding carboxylic acids is 1. The number of hydrogen-bond acceptors (Lipinski definition) is 7. The minimum Gasteiger partial charge on any atom is -0.454 e. The number of ether oxygens (including phenoxy) is 2. The second-order valence-electron chi connectivity index (χ2n) is 6.80. The molecule has 0 saturated heterocycles. The average Bonchev–Trinajstić information content (AvgIpc) is 3.26. The first-order valence-electron chi connectivity index (χ1n) is 9.27. The lowest BCUT2D eigenvalue weighted by Crippen LogP contribution is -2.34. The molecule has 9 nitrogen and oxygen atoms in total. The molecule has 0 spiro atoms. The summed E-state index contributed by atoms with van der Waals surface area (Å²) in [6.07, 6.45) is 3.13. The molecule has 4 rings (SSSR count). The number of pyridine rings is 1. The summed E-state index contributed by atoms with van der Waals surface area (Å²) in [4.78, 5) is 16.4. The largest absolute Gasteiger partial charge is 0.454 e. The molecule has 3 aromatic rings. The number of aromatic nitrogens is 1. The van der Waals surface area contributed by atoms with Crippen molar-refractivity contribution in [2.24, 2.45) is 0 Å². The van der Waals surface area contributed by atoms with Gasteiger partial charge in [0.1, 0.15) is 0 Å². The SMILES string of the molecule is Cc1cccc(C(=O)NO)c1N(Cc1cccnc1)S(=O)(=O)c1ccc2c(c1)OCO2. The van der Waals surface area contributed by atoms with Crippen molar-refractivity contribution in [3.05, 3.63) is 77.6 Å². The van der Waals surface area contributed by atoms with Crippen molar-refractivity contribution in [2.45, 2.75) is 18.4 Å². The Balaban J connectivity index is 1.89. The number of nitrogens with one attached hydrogen (secondary N) is 1. The Bertz CT molecular complexity index is 1230. The van der Waals surface area contributed by atoms with Crippen LogP contribution < -0.4 is 19.3 Å². The van der Waals surface area contributed by atoms with E-state index in [0.29, 0.717) is 22.6 Å². The molecule has 0 aliphatic carbocycles. The molecule has 160 valence electrons. The molecular formula is C21H19N3O6S. The van der Waals surface area contributed by atoms with Crippen LogP contribution in [0, 0.1) is 6.92 Å². The quantitative estimate of drug-likeness (QED) is 0.446. The zero-order valence-corrected chi connectivity index (χ0v) is 17.3. The van der Waals surface area contributed by atoms with Crippen LogP contribution in [0.2, 0.25) is 0 Å². The Kier molecular flexibility index (Phi) is 5.49. The lowest BCUT2D eigenvalue weighted by Gasteiger charge is -2.28. The number of amides is 1. The number of nitrogens with zero attached hydrogens (tertiary/aromatic N) is 2. The van der Waals surface area contributed by atoms with E-state index in [2.05, 4.69) is 4.98 Å². The summed E-state index contributed by atoms with van der Waals surface area (Å²) in [5, 5.41) is 9.19. The van der Waals surface area contributed by atoms with Gasteiger partial charge in [-0.05, 0) is 42.3 Å². The first-order chi connectivity index (χ1) is 14.9. The lowest BCUT2D eigenvalue weighted by atomic mass is 10.1. The lowest BCUT2D eigenvalue weighted by molar-refractivity contribution is 0.0707. The zero-order chi connectivity index (χ0) is 22.0. The predicted octanol–water partition coefficient (Wildman–Crippen LogP) is 2.63. The Hall–Kier alpha value is -3.63. The van der Waals surface area contributed by atoms with Gasteiger partial charge in [-0.25, -0.2) is 13.9 Å². The van der Waals surface area contributed by atoms with Crippen LogP contribution in [-0.4, -0.2) is 31.3 Å². The number of hydrogen-bond donors (Lipinski definition) is 2. The number of hydroxylamine groups is 1. The maximum Gasteiger partial charge on any atom is 0.276 e. The number of anilines is 1. The Labute approximate surface area is 178 Å². The van der Waals surface area contributed by atoms with Crippen LogP contribution >= 0.6 is 0 Å². The van der Waals surface area contributed by atoms with Gasteiger partial charge in [0.25, 0.3) is 15.9 Å². The summed E-state index contributed by atoms with van der Waals surface area (Å²) in [5.74, 6) is -0.0507. The molecule has 0 radical (unpaired) electrons. The van der Waals surface area contributed by atoms with Gasteiger partial charge in [-0.3, -0.25) is 19.3 Å². The molecule has 1 aliphatic rings. The van der Waals surface area contributed by atoms with Gasteiger partial charge >= 0.3 is 0 Å². The van der Waals surface area contributed by atoms with E-state index in [1.54, 1.807) is 49.1 Å². The molecule has 0 fully saturated rings. The number of aryl methyl sites for hydroxylation is 1. The maximum absolute atomic E-state index is 13.8. The fourth-order valence-electron chi connectivity index (χ4n) is 3.34. The Morgan fingerprint density at radius 1 is 1.16 bits per heavy atom. The molecule has 2 heterocycles. The summed E-state index contributed by atoms with van der Waals surface area (Å²) < 4.78 is 39.3. The number of benzene rings is 2. The van der Waals surface area contributed by atoms with Crippen molar-refractivity contribution >= 4 is 21.6 Å². The van der Waals surface area contributed by atoms with Crippen molar-refractivity contribution in [1.82, 2.24) is 10.5 Å². The van der Waals surface area contributed by atoms with E-state index >= 15 is 0 Å². The fraction of sp³-hybridized carbons (Fsp3) is 0.143. The molecule has 2 N–H and O–H groups in total. The summed E-state index contributed by atoms with van der Waals surface area (Å²) in [7, 11) is -4.15. The smallest absolute Gasteiger partial charge is 0.276 e. The molecule has 0 saturated carbocycles. The van der Waals surface area contributed by atoms with Gasteiger partial charge in [0.05, 0.1) is 22.7 Å². The third-order valence-corrected chi connectivity index (χ3v) is 6.56. The topological polar surface area (TPSA) is 118 Å². The van der Waals surface area contributed by atoms with E-state index < -0.39 is 15.9 Å². The number of para-hydroxylation sites is 1.